The molecule has 0 aromatic heterocycles. The highest BCUT2D eigenvalue weighted by Gasteiger charge is 2.20. The third-order valence-corrected chi connectivity index (χ3v) is 3.29. The van der Waals surface area contributed by atoms with Gasteiger partial charge in [0.05, 0.1) is 11.1 Å². The van der Waals surface area contributed by atoms with Crippen LogP contribution in [-0.4, -0.2) is 30.4 Å². The number of aliphatic imine (C=N–C) groups is 1. The van der Waals surface area contributed by atoms with E-state index in [1.807, 2.05) is 18.8 Å². The fourth-order valence-corrected chi connectivity index (χ4v) is 2.56. The molecule has 2 heterocycles. The van der Waals surface area contributed by atoms with E-state index in [0.717, 1.165) is 12.3 Å². The largest absolute Gasteiger partial charge is 0.316 e. The Hall–Kier alpha value is -0.540. The van der Waals surface area contributed by atoms with E-state index in [1.165, 1.54) is 16.2 Å². The summed E-state index contributed by atoms with van der Waals surface area (Å²) in [5.74, 6) is 1.09. The summed E-state index contributed by atoms with van der Waals surface area (Å²) in [6.07, 6.45) is 4.54. The Morgan fingerprint density at radius 3 is 3.31 bits per heavy atom. The van der Waals surface area contributed by atoms with Crippen LogP contribution in [0.15, 0.2) is 28.3 Å². The van der Waals surface area contributed by atoms with E-state index >= 15 is 0 Å². The Labute approximate surface area is 83.2 Å². The first-order valence-electron chi connectivity index (χ1n) is 4.57. The van der Waals surface area contributed by atoms with Crippen molar-refractivity contribution in [3.8, 4) is 0 Å². The van der Waals surface area contributed by atoms with Crippen LogP contribution in [0, 0.1) is 0 Å². The van der Waals surface area contributed by atoms with Crippen LogP contribution in [0.5, 0.6) is 0 Å². The van der Waals surface area contributed by atoms with E-state index in [1.54, 1.807) is 0 Å². The molecule has 1 unspecified atom stereocenters. The average molecular weight is 194 g/mol. The monoisotopic (exact) mass is 194 g/mol. The molecule has 0 saturated carbocycles. The molecule has 2 aliphatic heterocycles. The van der Waals surface area contributed by atoms with Gasteiger partial charge in [0.25, 0.3) is 0 Å². The third kappa shape index (κ3) is 1.71. The van der Waals surface area contributed by atoms with Gasteiger partial charge in [-0.05, 0) is 25.6 Å². The second kappa shape index (κ2) is 3.68. The standard InChI is InChI=1S/C10H14N2S/c1-7-9(6-11-2)5-8-3-4-13-10(8)12-7/h3,5,7,11H,4,6H2,1-2H3. The van der Waals surface area contributed by atoms with Crippen molar-refractivity contribution in [2.75, 3.05) is 19.3 Å². The molecule has 0 aromatic carbocycles. The topological polar surface area (TPSA) is 24.4 Å². The Morgan fingerprint density at radius 2 is 2.54 bits per heavy atom. The number of dihydropyridines is 1. The number of allylic oxidation sites excluding steroid dienone is 1. The fraction of sp³-hybridized carbons (Fsp3) is 0.500. The van der Waals surface area contributed by atoms with Crippen LogP contribution in [0.2, 0.25) is 0 Å². The quantitative estimate of drug-likeness (QED) is 0.722. The van der Waals surface area contributed by atoms with Gasteiger partial charge in [-0.25, -0.2) is 0 Å². The van der Waals surface area contributed by atoms with Gasteiger partial charge in [-0.1, -0.05) is 6.08 Å². The van der Waals surface area contributed by atoms with Gasteiger partial charge in [0.15, 0.2) is 0 Å². The summed E-state index contributed by atoms with van der Waals surface area (Å²) in [4.78, 5) is 4.65. The normalized spacial score (nSPS) is 26.3. The van der Waals surface area contributed by atoms with E-state index in [9.17, 15) is 0 Å². The summed E-state index contributed by atoms with van der Waals surface area (Å²) >= 11 is 1.84. The molecule has 0 aliphatic carbocycles. The first kappa shape index (κ1) is 9.03. The number of nitrogens with one attached hydrogen (secondary N) is 1. The van der Waals surface area contributed by atoms with Crippen LogP contribution in [-0.2, 0) is 0 Å². The van der Waals surface area contributed by atoms with Crippen molar-refractivity contribution in [2.45, 2.75) is 13.0 Å². The van der Waals surface area contributed by atoms with Gasteiger partial charge in [-0.3, -0.25) is 4.99 Å². The molecule has 0 spiro atoms. The Morgan fingerprint density at radius 1 is 1.69 bits per heavy atom. The molecule has 70 valence electrons. The summed E-state index contributed by atoms with van der Waals surface area (Å²) in [5.41, 5.74) is 2.72. The summed E-state index contributed by atoms with van der Waals surface area (Å²) in [5, 5.41) is 4.41. The molecular formula is C10H14N2S. The van der Waals surface area contributed by atoms with Gasteiger partial charge in [0, 0.05) is 17.9 Å². The summed E-state index contributed by atoms with van der Waals surface area (Å²) < 4.78 is 0. The highest BCUT2D eigenvalue weighted by Crippen LogP contribution is 2.29. The van der Waals surface area contributed by atoms with Gasteiger partial charge >= 0.3 is 0 Å². The van der Waals surface area contributed by atoms with Crippen LogP contribution in [0.1, 0.15) is 6.92 Å². The second-order valence-corrected chi connectivity index (χ2v) is 4.34. The van der Waals surface area contributed by atoms with Gasteiger partial charge in [-0.2, -0.15) is 0 Å². The predicted molar refractivity (Wildman–Crippen MR) is 59.4 cm³/mol. The highest BCUT2D eigenvalue weighted by molar-refractivity contribution is 8.15. The van der Waals surface area contributed by atoms with Gasteiger partial charge < -0.3 is 5.32 Å². The SMILES string of the molecule is CNCC1=CC2=CCSC2=NC1C. The lowest BCUT2D eigenvalue weighted by atomic mass is 10.0. The molecule has 1 atom stereocenters. The molecule has 13 heavy (non-hydrogen) atoms. The van der Waals surface area contributed by atoms with Crippen molar-refractivity contribution in [2.24, 2.45) is 4.99 Å². The fourth-order valence-electron chi connectivity index (χ4n) is 1.60. The van der Waals surface area contributed by atoms with Crippen LogP contribution in [0.4, 0.5) is 0 Å². The molecular weight excluding hydrogens is 180 g/mol. The van der Waals surface area contributed by atoms with Gasteiger partial charge in [0.1, 0.15) is 0 Å². The third-order valence-electron chi connectivity index (χ3n) is 2.34. The van der Waals surface area contributed by atoms with Crippen LogP contribution in [0.25, 0.3) is 0 Å². The number of thioether (sulfide) groups is 1. The minimum Gasteiger partial charge on any atom is -0.316 e. The molecule has 3 heteroatoms. The molecule has 2 aliphatic rings. The minimum atomic E-state index is 0.352. The van der Waals surface area contributed by atoms with Crippen LogP contribution < -0.4 is 5.32 Å². The van der Waals surface area contributed by atoms with Crippen LogP contribution in [0.3, 0.4) is 0 Å². The summed E-state index contributed by atoms with van der Waals surface area (Å²) in [7, 11) is 1.98. The molecule has 0 radical (unpaired) electrons. The molecule has 2 rings (SSSR count). The van der Waals surface area contributed by atoms with Gasteiger partial charge in [-0.15, -0.1) is 11.8 Å². The average Bonchev–Trinajstić information content (AvgIpc) is 2.52. The van der Waals surface area contributed by atoms with Crippen molar-refractivity contribution in [1.29, 1.82) is 0 Å². The Balaban J connectivity index is 2.22. The Bertz CT molecular complexity index is 302. The second-order valence-electron chi connectivity index (χ2n) is 3.33. The number of fused-ring (bicyclic) bond motifs is 1. The van der Waals surface area contributed by atoms with Crippen molar-refractivity contribution in [3.63, 3.8) is 0 Å². The molecule has 0 fully saturated rings. The first-order valence-corrected chi connectivity index (χ1v) is 5.56. The number of nitrogens with zero attached hydrogens (tertiary/aromatic N) is 1. The molecule has 2 nitrogen and oxygen atoms in total. The van der Waals surface area contributed by atoms with E-state index in [2.05, 4.69) is 29.4 Å². The number of hydrogen-bond acceptors (Lipinski definition) is 3. The van der Waals surface area contributed by atoms with Crippen molar-refractivity contribution in [1.82, 2.24) is 5.32 Å². The zero-order chi connectivity index (χ0) is 9.26. The van der Waals surface area contributed by atoms with E-state index < -0.39 is 0 Å². The highest BCUT2D eigenvalue weighted by atomic mass is 32.2. The molecule has 0 aromatic rings. The molecule has 0 bridgehead atoms. The molecule has 1 N–H and O–H groups in total. The number of likely N-dealkylation sites (N-methyl/N-ethyl adjacent to an activating group) is 1. The predicted octanol–water partition coefficient (Wildman–Crippen LogP) is 1.61. The maximum Gasteiger partial charge on any atom is 0.0984 e. The van der Waals surface area contributed by atoms with E-state index in [4.69, 9.17) is 0 Å². The maximum atomic E-state index is 4.65. The van der Waals surface area contributed by atoms with Gasteiger partial charge in [0.2, 0.25) is 0 Å². The van der Waals surface area contributed by atoms with Crippen molar-refractivity contribution < 1.29 is 0 Å². The molecule has 0 amide bonds. The first-order chi connectivity index (χ1) is 6.31. The minimum absolute atomic E-state index is 0.352. The zero-order valence-electron chi connectivity index (χ0n) is 8.00. The van der Waals surface area contributed by atoms with Crippen molar-refractivity contribution in [3.05, 3.63) is 23.3 Å². The summed E-state index contributed by atoms with van der Waals surface area (Å²) in [6, 6.07) is 0.352. The number of hydrogen-bond donors (Lipinski definition) is 1. The van der Waals surface area contributed by atoms with E-state index in [-0.39, 0.29) is 0 Å². The Kier molecular flexibility index (Phi) is 2.56. The lowest BCUT2D eigenvalue weighted by Gasteiger charge is -2.18. The lowest BCUT2D eigenvalue weighted by molar-refractivity contribution is 0.766. The maximum absolute atomic E-state index is 4.65. The smallest absolute Gasteiger partial charge is 0.0984 e. The lowest BCUT2D eigenvalue weighted by Crippen LogP contribution is -2.21. The van der Waals surface area contributed by atoms with E-state index in [0.29, 0.717) is 6.04 Å². The zero-order valence-corrected chi connectivity index (χ0v) is 8.82. The summed E-state index contributed by atoms with van der Waals surface area (Å²) in [6.45, 7) is 3.10. The van der Waals surface area contributed by atoms with Crippen LogP contribution >= 0.6 is 11.8 Å². The molecule has 0 saturated heterocycles. The number of rotatable bonds is 2. The van der Waals surface area contributed by atoms with Crippen molar-refractivity contribution >= 4 is 16.8 Å².